The second kappa shape index (κ2) is 6.39. The quantitative estimate of drug-likeness (QED) is 0.787. The van der Waals surface area contributed by atoms with Gasteiger partial charge in [0.05, 0.1) is 5.69 Å². The Labute approximate surface area is 104 Å². The Kier molecular flexibility index (Phi) is 4.86. The standard InChI is InChI=1S/C12H13FN2O3/c1-2-7-15(8-11(16)17)12(18)14-10-6-4-3-5-9(10)13/h2-6H,1,7-8H2,(H,14,18)(H,16,17). The van der Waals surface area contributed by atoms with Crippen LogP contribution in [0.1, 0.15) is 0 Å². The number of hydrogen-bond donors (Lipinski definition) is 2. The Hall–Kier alpha value is -2.37. The topological polar surface area (TPSA) is 69.6 Å². The molecule has 18 heavy (non-hydrogen) atoms. The lowest BCUT2D eigenvalue weighted by molar-refractivity contribution is -0.137. The van der Waals surface area contributed by atoms with E-state index in [0.29, 0.717) is 0 Å². The fraction of sp³-hybridized carbons (Fsp3) is 0.167. The SMILES string of the molecule is C=CCN(CC(=O)O)C(=O)Nc1ccccc1F. The maximum absolute atomic E-state index is 13.3. The maximum atomic E-state index is 13.3. The van der Waals surface area contributed by atoms with Gasteiger partial charge in [0, 0.05) is 6.54 Å². The molecule has 96 valence electrons. The summed E-state index contributed by atoms with van der Waals surface area (Å²) >= 11 is 0. The molecule has 0 saturated heterocycles. The molecule has 0 fully saturated rings. The molecule has 0 aromatic heterocycles. The van der Waals surface area contributed by atoms with Gasteiger partial charge < -0.3 is 15.3 Å². The summed E-state index contributed by atoms with van der Waals surface area (Å²) in [5, 5.41) is 11.0. The summed E-state index contributed by atoms with van der Waals surface area (Å²) in [6, 6.07) is 4.95. The third-order valence-corrected chi connectivity index (χ3v) is 2.08. The van der Waals surface area contributed by atoms with Crippen LogP contribution in [0.15, 0.2) is 36.9 Å². The van der Waals surface area contributed by atoms with E-state index in [2.05, 4.69) is 11.9 Å². The van der Waals surface area contributed by atoms with Gasteiger partial charge in [0.2, 0.25) is 0 Å². The van der Waals surface area contributed by atoms with Crippen LogP contribution in [-0.4, -0.2) is 35.1 Å². The van der Waals surface area contributed by atoms with Gasteiger partial charge in [-0.15, -0.1) is 6.58 Å². The molecule has 0 aliphatic carbocycles. The number of carboxylic acids is 1. The minimum Gasteiger partial charge on any atom is -0.480 e. The largest absolute Gasteiger partial charge is 0.480 e. The summed E-state index contributed by atoms with van der Waals surface area (Å²) < 4.78 is 13.3. The smallest absolute Gasteiger partial charge is 0.323 e. The van der Waals surface area contributed by atoms with Crippen LogP contribution >= 0.6 is 0 Å². The van der Waals surface area contributed by atoms with E-state index in [-0.39, 0.29) is 12.2 Å². The van der Waals surface area contributed by atoms with Crippen molar-refractivity contribution in [3.05, 3.63) is 42.7 Å². The van der Waals surface area contributed by atoms with E-state index in [1.807, 2.05) is 0 Å². The van der Waals surface area contributed by atoms with E-state index in [0.717, 1.165) is 4.90 Å². The molecule has 1 aromatic rings. The molecule has 2 N–H and O–H groups in total. The van der Waals surface area contributed by atoms with Crippen LogP contribution in [0.25, 0.3) is 0 Å². The van der Waals surface area contributed by atoms with Crippen LogP contribution in [0.3, 0.4) is 0 Å². The molecule has 0 saturated carbocycles. The number of amides is 2. The van der Waals surface area contributed by atoms with Crippen LogP contribution in [0.4, 0.5) is 14.9 Å². The van der Waals surface area contributed by atoms with Gasteiger partial charge in [0.25, 0.3) is 0 Å². The number of hydrogen-bond acceptors (Lipinski definition) is 2. The monoisotopic (exact) mass is 252 g/mol. The van der Waals surface area contributed by atoms with Crippen molar-refractivity contribution >= 4 is 17.7 Å². The fourth-order valence-electron chi connectivity index (χ4n) is 1.30. The molecule has 5 nitrogen and oxygen atoms in total. The number of carbonyl (C=O) groups is 2. The van der Waals surface area contributed by atoms with Gasteiger partial charge >= 0.3 is 12.0 Å². The van der Waals surface area contributed by atoms with Gasteiger partial charge in [-0.2, -0.15) is 0 Å². The Morgan fingerprint density at radius 3 is 2.67 bits per heavy atom. The van der Waals surface area contributed by atoms with Gasteiger partial charge in [-0.3, -0.25) is 4.79 Å². The van der Waals surface area contributed by atoms with Crippen LogP contribution in [0.2, 0.25) is 0 Å². The summed E-state index contributed by atoms with van der Waals surface area (Å²) in [4.78, 5) is 23.3. The number of anilines is 1. The Bertz CT molecular complexity index is 462. The minimum absolute atomic E-state index is 0.00181. The van der Waals surface area contributed by atoms with Crippen LogP contribution in [-0.2, 0) is 4.79 Å². The molecule has 6 heteroatoms. The summed E-state index contributed by atoms with van der Waals surface area (Å²) in [6.07, 6.45) is 1.39. The van der Waals surface area contributed by atoms with E-state index >= 15 is 0 Å². The number of carbonyl (C=O) groups excluding carboxylic acids is 1. The van der Waals surface area contributed by atoms with E-state index in [1.165, 1.54) is 24.3 Å². The van der Waals surface area contributed by atoms with Crippen LogP contribution < -0.4 is 5.32 Å². The van der Waals surface area contributed by atoms with Crippen LogP contribution in [0, 0.1) is 5.82 Å². The zero-order valence-electron chi connectivity index (χ0n) is 9.60. The van der Waals surface area contributed by atoms with Crippen LogP contribution in [0.5, 0.6) is 0 Å². The van der Waals surface area contributed by atoms with Crippen molar-refractivity contribution in [3.8, 4) is 0 Å². The molecule has 0 aliphatic rings. The summed E-state index contributed by atoms with van der Waals surface area (Å²) in [6.45, 7) is 3.01. The van der Waals surface area contributed by atoms with Crippen molar-refractivity contribution in [2.24, 2.45) is 0 Å². The van der Waals surface area contributed by atoms with Gasteiger partial charge in [0.1, 0.15) is 12.4 Å². The van der Waals surface area contributed by atoms with Gasteiger partial charge in [-0.1, -0.05) is 18.2 Å². The number of rotatable bonds is 5. The lowest BCUT2D eigenvalue weighted by atomic mass is 10.3. The zero-order valence-corrected chi connectivity index (χ0v) is 9.60. The molecular formula is C12H13FN2O3. The predicted octanol–water partition coefficient (Wildman–Crippen LogP) is 1.93. The molecule has 0 bridgehead atoms. The third kappa shape index (κ3) is 3.89. The number of para-hydroxylation sites is 1. The van der Waals surface area contributed by atoms with Crippen molar-refractivity contribution < 1.29 is 19.1 Å². The van der Waals surface area contributed by atoms with Gasteiger partial charge in [-0.25, -0.2) is 9.18 Å². The molecule has 1 aromatic carbocycles. The highest BCUT2D eigenvalue weighted by atomic mass is 19.1. The third-order valence-electron chi connectivity index (χ3n) is 2.08. The average molecular weight is 252 g/mol. The first-order valence-electron chi connectivity index (χ1n) is 5.17. The predicted molar refractivity (Wildman–Crippen MR) is 64.8 cm³/mol. The lowest BCUT2D eigenvalue weighted by Crippen LogP contribution is -2.39. The van der Waals surface area contributed by atoms with Crippen molar-refractivity contribution in [1.82, 2.24) is 4.90 Å². The summed E-state index contributed by atoms with van der Waals surface area (Å²) in [5.74, 6) is -1.74. The summed E-state index contributed by atoms with van der Waals surface area (Å²) in [5.41, 5.74) is 0.00181. The van der Waals surface area contributed by atoms with E-state index in [4.69, 9.17) is 5.11 Å². The van der Waals surface area contributed by atoms with Crippen molar-refractivity contribution in [1.29, 1.82) is 0 Å². The number of aliphatic carboxylic acids is 1. The highest BCUT2D eigenvalue weighted by Gasteiger charge is 2.16. The molecule has 0 heterocycles. The molecule has 0 spiro atoms. The second-order valence-electron chi connectivity index (χ2n) is 3.47. The first-order chi connectivity index (χ1) is 8.54. The first-order valence-corrected chi connectivity index (χ1v) is 5.17. The molecular weight excluding hydrogens is 239 g/mol. The number of nitrogens with zero attached hydrogens (tertiary/aromatic N) is 1. The second-order valence-corrected chi connectivity index (χ2v) is 3.47. The molecule has 1 rings (SSSR count). The van der Waals surface area contributed by atoms with Gasteiger partial charge in [0.15, 0.2) is 0 Å². The highest BCUT2D eigenvalue weighted by Crippen LogP contribution is 2.13. The fourth-order valence-corrected chi connectivity index (χ4v) is 1.30. The number of urea groups is 1. The zero-order chi connectivity index (χ0) is 13.5. The molecule has 0 unspecified atom stereocenters. The number of carboxylic acid groups (broad SMARTS) is 1. The number of benzene rings is 1. The van der Waals surface area contributed by atoms with Gasteiger partial charge in [-0.05, 0) is 12.1 Å². The minimum atomic E-state index is -1.15. The lowest BCUT2D eigenvalue weighted by Gasteiger charge is -2.19. The number of halogens is 1. The molecule has 0 aliphatic heterocycles. The van der Waals surface area contributed by atoms with E-state index in [9.17, 15) is 14.0 Å². The Balaban J connectivity index is 2.75. The van der Waals surface area contributed by atoms with Crippen molar-refractivity contribution in [2.75, 3.05) is 18.4 Å². The summed E-state index contributed by atoms with van der Waals surface area (Å²) in [7, 11) is 0. The molecule has 2 amide bonds. The van der Waals surface area contributed by atoms with E-state index in [1.54, 1.807) is 6.07 Å². The van der Waals surface area contributed by atoms with Crippen molar-refractivity contribution in [2.45, 2.75) is 0 Å². The maximum Gasteiger partial charge on any atom is 0.323 e. The molecule has 0 radical (unpaired) electrons. The Morgan fingerprint density at radius 1 is 1.44 bits per heavy atom. The Morgan fingerprint density at radius 2 is 2.11 bits per heavy atom. The first kappa shape index (κ1) is 13.7. The molecule has 0 atom stereocenters. The van der Waals surface area contributed by atoms with Crippen molar-refractivity contribution in [3.63, 3.8) is 0 Å². The number of nitrogens with one attached hydrogen (secondary N) is 1. The highest BCUT2D eigenvalue weighted by molar-refractivity contribution is 5.91. The average Bonchev–Trinajstić information content (AvgIpc) is 2.31. The van der Waals surface area contributed by atoms with E-state index < -0.39 is 24.4 Å². The normalized spacial score (nSPS) is 9.61.